The van der Waals surface area contributed by atoms with Crippen molar-refractivity contribution in [1.82, 2.24) is 24.7 Å². The van der Waals surface area contributed by atoms with Crippen molar-refractivity contribution in [3.63, 3.8) is 0 Å². The number of anilines is 1. The molecule has 0 radical (unpaired) electrons. The highest BCUT2D eigenvalue weighted by atomic mass is 16.2. The molecule has 0 bridgehead atoms. The van der Waals surface area contributed by atoms with Crippen molar-refractivity contribution in [3.8, 4) is 5.69 Å². The predicted molar refractivity (Wildman–Crippen MR) is 128 cm³/mol. The van der Waals surface area contributed by atoms with Crippen molar-refractivity contribution in [1.29, 1.82) is 0 Å². The van der Waals surface area contributed by atoms with E-state index in [9.17, 15) is 9.59 Å². The molecule has 2 aromatic rings. The highest BCUT2D eigenvalue weighted by Crippen LogP contribution is 2.51. The first-order chi connectivity index (χ1) is 16.0. The molecule has 2 unspecified atom stereocenters. The number of nitrogens with zero attached hydrogens (tertiary/aromatic N) is 4. The van der Waals surface area contributed by atoms with Crippen molar-refractivity contribution in [3.05, 3.63) is 52.6 Å². The largest absolute Gasteiger partial charge is 0.354 e. The molecule has 4 atom stereocenters. The SMILES string of the molecule is CC(Cc1ccc(-n2ccc(NC(=O)N3CCNCC3)nc2=O)cc1)N1C[C@@H]2C(CN)[C@@H]2C1. The number of nitrogens with two attached hydrogens (primary N) is 1. The summed E-state index contributed by atoms with van der Waals surface area (Å²) in [7, 11) is 0. The summed E-state index contributed by atoms with van der Waals surface area (Å²) in [5.41, 5.74) is 7.43. The Labute approximate surface area is 194 Å². The number of hydrogen-bond acceptors (Lipinski definition) is 6. The molecule has 3 heterocycles. The van der Waals surface area contributed by atoms with E-state index in [1.807, 2.05) is 12.1 Å². The van der Waals surface area contributed by atoms with E-state index in [1.165, 1.54) is 23.2 Å². The van der Waals surface area contributed by atoms with Gasteiger partial charge in [0.15, 0.2) is 0 Å². The smallest absolute Gasteiger partial charge is 0.330 e. The lowest BCUT2D eigenvalue weighted by Gasteiger charge is -2.27. The minimum atomic E-state index is -0.417. The van der Waals surface area contributed by atoms with E-state index in [0.717, 1.165) is 49.5 Å². The molecule has 9 heteroatoms. The zero-order valence-electron chi connectivity index (χ0n) is 19.1. The number of amides is 2. The maximum absolute atomic E-state index is 12.6. The predicted octanol–water partition coefficient (Wildman–Crippen LogP) is 0.737. The fourth-order valence-electron chi connectivity index (χ4n) is 5.38. The minimum Gasteiger partial charge on any atom is -0.330 e. The lowest BCUT2D eigenvalue weighted by atomic mass is 10.0. The molecule has 0 spiro atoms. The topological polar surface area (TPSA) is 109 Å². The Morgan fingerprint density at radius 3 is 2.52 bits per heavy atom. The number of hydrogen-bond donors (Lipinski definition) is 3. The van der Waals surface area contributed by atoms with Crippen LogP contribution >= 0.6 is 0 Å². The molecule has 1 aromatic carbocycles. The van der Waals surface area contributed by atoms with Crippen molar-refractivity contribution >= 4 is 11.8 Å². The maximum atomic E-state index is 12.6. The van der Waals surface area contributed by atoms with Gasteiger partial charge in [0.2, 0.25) is 0 Å². The summed E-state index contributed by atoms with van der Waals surface area (Å²) in [4.78, 5) is 33.3. The Kier molecular flexibility index (Phi) is 6.18. The normalized spacial score (nSPS) is 25.5. The van der Waals surface area contributed by atoms with Crippen LogP contribution in [0, 0.1) is 17.8 Å². The number of carbonyl (C=O) groups excluding carboxylic acids is 1. The van der Waals surface area contributed by atoms with E-state index >= 15 is 0 Å². The lowest BCUT2D eigenvalue weighted by Crippen LogP contribution is -2.48. The molecule has 2 saturated heterocycles. The van der Waals surface area contributed by atoms with E-state index < -0.39 is 5.69 Å². The third kappa shape index (κ3) is 4.66. The average Bonchev–Trinajstić information content (AvgIpc) is 3.30. The summed E-state index contributed by atoms with van der Waals surface area (Å²) in [5, 5.41) is 5.93. The number of benzene rings is 1. The van der Waals surface area contributed by atoms with E-state index in [-0.39, 0.29) is 11.8 Å². The van der Waals surface area contributed by atoms with Gasteiger partial charge in [0, 0.05) is 51.5 Å². The number of carbonyl (C=O) groups is 1. The first kappa shape index (κ1) is 22.1. The zero-order valence-corrected chi connectivity index (χ0v) is 19.1. The van der Waals surface area contributed by atoms with Crippen molar-refractivity contribution in [2.45, 2.75) is 19.4 Å². The monoisotopic (exact) mass is 451 g/mol. The van der Waals surface area contributed by atoms with Gasteiger partial charge in [0.05, 0.1) is 5.69 Å². The Morgan fingerprint density at radius 2 is 1.88 bits per heavy atom. The third-order valence-electron chi connectivity index (χ3n) is 7.48. The van der Waals surface area contributed by atoms with E-state index in [0.29, 0.717) is 19.1 Å². The first-order valence-corrected chi connectivity index (χ1v) is 11.9. The number of urea groups is 1. The van der Waals surface area contributed by atoms with Gasteiger partial charge >= 0.3 is 11.7 Å². The summed E-state index contributed by atoms with van der Waals surface area (Å²) < 4.78 is 1.49. The van der Waals surface area contributed by atoms with Gasteiger partial charge in [-0.1, -0.05) is 12.1 Å². The Bertz CT molecular complexity index is 1040. The van der Waals surface area contributed by atoms with Crippen LogP contribution in [-0.2, 0) is 6.42 Å². The highest BCUT2D eigenvalue weighted by Gasteiger charge is 2.54. The average molecular weight is 452 g/mol. The molecule has 4 N–H and O–H groups in total. The maximum Gasteiger partial charge on any atom is 0.354 e. The van der Waals surface area contributed by atoms with Crippen LogP contribution in [0.25, 0.3) is 5.69 Å². The Balaban J connectivity index is 1.18. The lowest BCUT2D eigenvalue weighted by molar-refractivity contribution is 0.204. The van der Waals surface area contributed by atoms with Gasteiger partial charge in [-0.2, -0.15) is 4.98 Å². The second kappa shape index (κ2) is 9.24. The van der Waals surface area contributed by atoms with Crippen LogP contribution in [0.3, 0.4) is 0 Å². The molecule has 3 fully saturated rings. The van der Waals surface area contributed by atoms with Crippen LogP contribution in [0.5, 0.6) is 0 Å². The number of likely N-dealkylation sites (tertiary alicyclic amines) is 1. The molecule has 1 aliphatic carbocycles. The second-order valence-corrected chi connectivity index (χ2v) is 9.53. The molecule has 1 aromatic heterocycles. The quantitative estimate of drug-likeness (QED) is 0.598. The van der Waals surface area contributed by atoms with Gasteiger partial charge in [-0.25, -0.2) is 9.59 Å². The van der Waals surface area contributed by atoms with Crippen LogP contribution in [0.4, 0.5) is 10.6 Å². The van der Waals surface area contributed by atoms with Gasteiger partial charge in [-0.3, -0.25) is 14.8 Å². The van der Waals surface area contributed by atoms with E-state index in [1.54, 1.807) is 17.2 Å². The second-order valence-electron chi connectivity index (χ2n) is 9.53. The summed E-state index contributed by atoms with van der Waals surface area (Å²) in [5.74, 6) is 2.64. The van der Waals surface area contributed by atoms with Crippen molar-refractivity contribution < 1.29 is 4.79 Å². The number of piperazine rings is 1. The van der Waals surface area contributed by atoms with Gasteiger partial charge in [0.1, 0.15) is 5.82 Å². The molecule has 9 nitrogen and oxygen atoms in total. The molecule has 2 aliphatic heterocycles. The third-order valence-corrected chi connectivity index (χ3v) is 7.48. The van der Waals surface area contributed by atoms with Crippen molar-refractivity contribution in [2.75, 3.05) is 51.1 Å². The standard InChI is InChI=1S/C24H33N7O2/c1-16(30-14-20-19(13-25)21(20)15-30)12-17-2-4-18(5-3-17)31-9-6-22(28-24(31)33)27-23(32)29-10-7-26-8-11-29/h2-6,9,16,19-21,26H,7-8,10-15,25H2,1H3,(H,27,28,32,33)/t16?,19?,20-,21+. The molecule has 2 amide bonds. The number of rotatable bonds is 6. The van der Waals surface area contributed by atoms with Crippen LogP contribution in [0.15, 0.2) is 41.3 Å². The van der Waals surface area contributed by atoms with Crippen molar-refractivity contribution in [2.24, 2.45) is 23.5 Å². The van der Waals surface area contributed by atoms with E-state index in [2.05, 4.69) is 39.6 Å². The zero-order chi connectivity index (χ0) is 22.9. The fourth-order valence-corrected chi connectivity index (χ4v) is 5.38. The number of piperidine rings is 1. The molecule has 176 valence electrons. The van der Waals surface area contributed by atoms with Crippen LogP contribution < -0.4 is 22.1 Å². The molecule has 5 rings (SSSR count). The molecular weight excluding hydrogens is 418 g/mol. The Hall–Kier alpha value is -2.75. The van der Waals surface area contributed by atoms with Crippen LogP contribution in [0.1, 0.15) is 12.5 Å². The van der Waals surface area contributed by atoms with Gasteiger partial charge < -0.3 is 16.0 Å². The molecule has 33 heavy (non-hydrogen) atoms. The van der Waals surface area contributed by atoms with E-state index in [4.69, 9.17) is 5.73 Å². The summed E-state index contributed by atoms with van der Waals surface area (Å²) in [6, 6.07) is 9.99. The molecule has 3 aliphatic rings. The summed E-state index contributed by atoms with van der Waals surface area (Å²) in [6.07, 6.45) is 2.64. The van der Waals surface area contributed by atoms with Gasteiger partial charge in [-0.15, -0.1) is 0 Å². The minimum absolute atomic E-state index is 0.228. The van der Waals surface area contributed by atoms with Crippen LogP contribution in [-0.4, -0.2) is 77.2 Å². The Morgan fingerprint density at radius 1 is 1.18 bits per heavy atom. The number of nitrogens with one attached hydrogen (secondary N) is 2. The summed E-state index contributed by atoms with van der Waals surface area (Å²) >= 11 is 0. The summed E-state index contributed by atoms with van der Waals surface area (Å²) in [6.45, 7) is 8.28. The van der Waals surface area contributed by atoms with Gasteiger partial charge in [-0.05, 0) is 61.4 Å². The highest BCUT2D eigenvalue weighted by molar-refractivity contribution is 5.88. The fraction of sp³-hybridized carbons (Fsp3) is 0.542. The van der Waals surface area contributed by atoms with Gasteiger partial charge in [0.25, 0.3) is 0 Å². The molecule has 1 saturated carbocycles. The van der Waals surface area contributed by atoms with Crippen LogP contribution in [0.2, 0.25) is 0 Å². The first-order valence-electron chi connectivity index (χ1n) is 11.9. The number of aromatic nitrogens is 2. The number of fused-ring (bicyclic) bond motifs is 1. The molecular formula is C24H33N7O2.